The zero-order valence-electron chi connectivity index (χ0n) is 14.5. The van der Waals surface area contributed by atoms with Gasteiger partial charge >= 0.3 is 0 Å². The van der Waals surface area contributed by atoms with Crippen LogP contribution in [0.3, 0.4) is 0 Å². The number of carbonyl (C=O) groups excluding carboxylic acids is 2. The number of anilines is 1. The minimum atomic E-state index is -0.0725. The molecular weight excluding hydrogens is 316 g/mol. The van der Waals surface area contributed by atoms with Crippen molar-refractivity contribution in [3.8, 4) is 5.75 Å². The summed E-state index contributed by atoms with van der Waals surface area (Å²) in [6.45, 7) is 5.18. The van der Waals surface area contributed by atoms with Crippen molar-refractivity contribution in [2.75, 3.05) is 18.1 Å². The first-order valence-corrected chi connectivity index (χ1v) is 8.49. The fourth-order valence-electron chi connectivity index (χ4n) is 2.77. The van der Waals surface area contributed by atoms with E-state index in [2.05, 4.69) is 5.32 Å². The minimum absolute atomic E-state index is 0.0496. The molecule has 1 aliphatic heterocycles. The van der Waals surface area contributed by atoms with Crippen LogP contribution in [0.5, 0.6) is 5.75 Å². The van der Waals surface area contributed by atoms with E-state index in [1.165, 1.54) is 0 Å². The monoisotopic (exact) mass is 338 g/mol. The molecule has 2 aromatic rings. The van der Waals surface area contributed by atoms with Gasteiger partial charge in [-0.25, -0.2) is 0 Å². The standard InChI is InChI=1S/C20H22N2O3/c1-3-10-21-20(24)16-7-5-15(6-8-16)12-22-17-9-4-14(2)11-18(17)25-13-19(22)23/h4-9,11H,3,10,12-13H2,1-2H3,(H,21,24). The maximum Gasteiger partial charge on any atom is 0.265 e. The Morgan fingerprint density at radius 2 is 1.96 bits per heavy atom. The number of rotatable bonds is 5. The molecule has 5 nitrogen and oxygen atoms in total. The van der Waals surface area contributed by atoms with Crippen LogP contribution in [0.4, 0.5) is 5.69 Å². The molecule has 0 saturated carbocycles. The highest BCUT2D eigenvalue weighted by molar-refractivity contribution is 5.98. The Morgan fingerprint density at radius 1 is 1.20 bits per heavy atom. The van der Waals surface area contributed by atoms with Gasteiger partial charge in [-0.2, -0.15) is 0 Å². The molecule has 2 aromatic carbocycles. The quantitative estimate of drug-likeness (QED) is 0.911. The summed E-state index contributed by atoms with van der Waals surface area (Å²) < 4.78 is 5.53. The van der Waals surface area contributed by atoms with E-state index in [4.69, 9.17) is 4.74 Å². The van der Waals surface area contributed by atoms with E-state index in [9.17, 15) is 9.59 Å². The van der Waals surface area contributed by atoms with Gasteiger partial charge in [0, 0.05) is 12.1 Å². The van der Waals surface area contributed by atoms with Crippen LogP contribution in [-0.4, -0.2) is 25.0 Å². The third kappa shape index (κ3) is 3.82. The second-order valence-electron chi connectivity index (χ2n) is 6.19. The Balaban J connectivity index is 1.76. The van der Waals surface area contributed by atoms with Gasteiger partial charge in [0.2, 0.25) is 0 Å². The van der Waals surface area contributed by atoms with Crippen LogP contribution in [0, 0.1) is 6.92 Å². The number of hydrogen-bond donors (Lipinski definition) is 1. The van der Waals surface area contributed by atoms with Crippen molar-refractivity contribution in [1.82, 2.24) is 5.32 Å². The van der Waals surface area contributed by atoms with Crippen LogP contribution in [0.15, 0.2) is 42.5 Å². The number of carbonyl (C=O) groups is 2. The van der Waals surface area contributed by atoms with Gasteiger partial charge in [0.15, 0.2) is 6.61 Å². The smallest absolute Gasteiger partial charge is 0.265 e. The molecule has 1 N–H and O–H groups in total. The van der Waals surface area contributed by atoms with Gasteiger partial charge in [-0.15, -0.1) is 0 Å². The molecule has 0 aliphatic carbocycles. The molecule has 0 bridgehead atoms. The van der Waals surface area contributed by atoms with Crippen LogP contribution in [-0.2, 0) is 11.3 Å². The van der Waals surface area contributed by atoms with Gasteiger partial charge in [-0.05, 0) is 48.7 Å². The first-order chi connectivity index (χ1) is 12.1. The molecule has 0 saturated heterocycles. The normalized spacial score (nSPS) is 13.2. The average molecular weight is 338 g/mol. The maximum atomic E-state index is 12.3. The Hall–Kier alpha value is -2.82. The van der Waals surface area contributed by atoms with Gasteiger partial charge in [0.25, 0.3) is 11.8 Å². The number of nitrogens with zero attached hydrogens (tertiary/aromatic N) is 1. The Bertz CT molecular complexity index is 784. The third-order valence-corrected chi connectivity index (χ3v) is 4.15. The lowest BCUT2D eigenvalue weighted by Gasteiger charge is -2.29. The van der Waals surface area contributed by atoms with Crippen LogP contribution in [0.1, 0.15) is 34.8 Å². The summed E-state index contributed by atoms with van der Waals surface area (Å²) in [5.41, 5.74) is 3.47. The predicted octanol–water partition coefficient (Wildman–Crippen LogP) is 3.06. The molecule has 0 unspecified atom stereocenters. The molecule has 3 rings (SSSR count). The number of benzene rings is 2. The van der Waals surface area contributed by atoms with E-state index < -0.39 is 0 Å². The van der Waals surface area contributed by atoms with Crippen molar-refractivity contribution >= 4 is 17.5 Å². The maximum absolute atomic E-state index is 12.3. The number of fused-ring (bicyclic) bond motifs is 1. The molecule has 130 valence electrons. The minimum Gasteiger partial charge on any atom is -0.482 e. The van der Waals surface area contributed by atoms with Crippen LogP contribution in [0.25, 0.3) is 0 Å². The number of aryl methyl sites for hydroxylation is 1. The molecule has 0 fully saturated rings. The summed E-state index contributed by atoms with van der Waals surface area (Å²) in [5, 5.41) is 2.85. The first kappa shape index (κ1) is 17.0. The van der Waals surface area contributed by atoms with E-state index in [0.29, 0.717) is 18.7 Å². The van der Waals surface area contributed by atoms with Crippen molar-refractivity contribution < 1.29 is 14.3 Å². The Kier molecular flexibility index (Phi) is 5.03. The summed E-state index contributed by atoms with van der Waals surface area (Å²) in [7, 11) is 0. The number of ether oxygens (including phenoxy) is 1. The lowest BCUT2D eigenvalue weighted by atomic mass is 10.1. The molecule has 0 aromatic heterocycles. The number of nitrogens with one attached hydrogen (secondary N) is 1. The topological polar surface area (TPSA) is 58.6 Å². The van der Waals surface area contributed by atoms with Crippen LogP contribution < -0.4 is 15.0 Å². The van der Waals surface area contributed by atoms with Crippen molar-refractivity contribution in [1.29, 1.82) is 0 Å². The van der Waals surface area contributed by atoms with Crippen molar-refractivity contribution in [3.63, 3.8) is 0 Å². The van der Waals surface area contributed by atoms with E-state index >= 15 is 0 Å². The lowest BCUT2D eigenvalue weighted by Crippen LogP contribution is -2.38. The third-order valence-electron chi connectivity index (χ3n) is 4.15. The summed E-state index contributed by atoms with van der Waals surface area (Å²) in [4.78, 5) is 26.0. The van der Waals surface area contributed by atoms with E-state index in [1.54, 1.807) is 17.0 Å². The summed E-state index contributed by atoms with van der Waals surface area (Å²) >= 11 is 0. The van der Waals surface area contributed by atoms with E-state index in [1.807, 2.05) is 44.2 Å². The van der Waals surface area contributed by atoms with Gasteiger partial charge in [-0.1, -0.05) is 25.1 Å². The fourth-order valence-corrected chi connectivity index (χ4v) is 2.77. The zero-order valence-corrected chi connectivity index (χ0v) is 14.5. The van der Waals surface area contributed by atoms with Crippen molar-refractivity contribution in [2.24, 2.45) is 0 Å². The zero-order chi connectivity index (χ0) is 17.8. The molecule has 1 aliphatic rings. The Labute approximate surface area is 147 Å². The average Bonchev–Trinajstić information content (AvgIpc) is 2.62. The van der Waals surface area contributed by atoms with Gasteiger partial charge in [-0.3, -0.25) is 9.59 Å². The Morgan fingerprint density at radius 3 is 2.68 bits per heavy atom. The van der Waals surface area contributed by atoms with Crippen molar-refractivity contribution in [3.05, 3.63) is 59.2 Å². The first-order valence-electron chi connectivity index (χ1n) is 8.49. The summed E-state index contributed by atoms with van der Waals surface area (Å²) in [6.07, 6.45) is 0.905. The highest BCUT2D eigenvalue weighted by atomic mass is 16.5. The molecule has 0 radical (unpaired) electrons. The fraction of sp³-hybridized carbons (Fsp3) is 0.300. The van der Waals surface area contributed by atoms with Crippen LogP contribution >= 0.6 is 0 Å². The largest absolute Gasteiger partial charge is 0.482 e. The number of hydrogen-bond acceptors (Lipinski definition) is 3. The van der Waals surface area contributed by atoms with Crippen molar-refractivity contribution in [2.45, 2.75) is 26.8 Å². The summed E-state index contributed by atoms with van der Waals surface area (Å²) in [6, 6.07) is 13.2. The van der Waals surface area contributed by atoms with Gasteiger partial charge in [0.1, 0.15) is 5.75 Å². The molecule has 0 spiro atoms. The second-order valence-corrected chi connectivity index (χ2v) is 6.19. The summed E-state index contributed by atoms with van der Waals surface area (Å²) in [5.74, 6) is 0.591. The SMILES string of the molecule is CCCNC(=O)c1ccc(CN2C(=O)COc3cc(C)ccc32)cc1. The van der Waals surface area contributed by atoms with Gasteiger partial charge in [0.05, 0.1) is 12.2 Å². The number of amides is 2. The molecular formula is C20H22N2O3. The van der Waals surface area contributed by atoms with Gasteiger partial charge < -0.3 is 15.0 Å². The highest BCUT2D eigenvalue weighted by Gasteiger charge is 2.25. The highest BCUT2D eigenvalue weighted by Crippen LogP contribution is 2.33. The van der Waals surface area contributed by atoms with Crippen LogP contribution in [0.2, 0.25) is 0 Å². The molecule has 1 heterocycles. The van der Waals surface area contributed by atoms with E-state index in [0.717, 1.165) is 29.0 Å². The van der Waals surface area contributed by atoms with E-state index in [-0.39, 0.29) is 18.4 Å². The lowest BCUT2D eigenvalue weighted by molar-refractivity contribution is -0.121. The molecule has 25 heavy (non-hydrogen) atoms. The molecule has 2 amide bonds. The molecule has 0 atom stereocenters. The molecule has 5 heteroatoms. The second kappa shape index (κ2) is 7.38. The predicted molar refractivity (Wildman–Crippen MR) is 96.9 cm³/mol.